The average molecular weight is 168 g/mol. The molecule has 0 saturated heterocycles. The lowest BCUT2D eigenvalue weighted by Gasteiger charge is -1.89. The molecule has 0 heterocycles. The van der Waals surface area contributed by atoms with Gasteiger partial charge in [0.2, 0.25) is 0 Å². The first kappa shape index (κ1) is 11.2. The highest BCUT2D eigenvalue weighted by Gasteiger charge is 1.79. The molecule has 0 nitrogen and oxygen atoms in total. The molecule has 0 bridgehead atoms. The van der Waals surface area contributed by atoms with Gasteiger partial charge in [0.1, 0.15) is 0 Å². The number of unbranched alkanes of at least 4 members (excludes halogenated alkanes) is 3. The molecule has 0 saturated carbocycles. The van der Waals surface area contributed by atoms with Gasteiger partial charge in [0.15, 0.2) is 0 Å². The van der Waals surface area contributed by atoms with E-state index in [4.69, 9.17) is 0 Å². The van der Waals surface area contributed by atoms with E-state index in [1.165, 1.54) is 25.3 Å². The van der Waals surface area contributed by atoms with Crippen LogP contribution in [0.1, 0.15) is 32.6 Å². The first-order valence-electron chi connectivity index (χ1n) is 4.50. The fraction of sp³-hybridized carbons (Fsp3) is 0.455. The highest BCUT2D eigenvalue weighted by Crippen LogP contribution is 1.99. The van der Waals surface area contributed by atoms with Crippen LogP contribution in [-0.4, -0.2) is 0 Å². The SMILES string of the molecule is CCCCCC=CC=CC=CF. The molecule has 0 rings (SSSR count). The number of halogens is 1. The van der Waals surface area contributed by atoms with Gasteiger partial charge in [-0.25, -0.2) is 4.39 Å². The molecule has 0 aliphatic heterocycles. The monoisotopic (exact) mass is 168 g/mol. The highest BCUT2D eigenvalue weighted by atomic mass is 19.1. The lowest BCUT2D eigenvalue weighted by molar-refractivity contribution is 0.721. The van der Waals surface area contributed by atoms with Gasteiger partial charge in [-0.1, -0.05) is 44.1 Å². The maximum absolute atomic E-state index is 11.4. The maximum atomic E-state index is 11.4. The molecule has 0 aromatic rings. The summed E-state index contributed by atoms with van der Waals surface area (Å²) in [6.07, 6.45) is 14.4. The van der Waals surface area contributed by atoms with E-state index in [-0.39, 0.29) is 0 Å². The lowest BCUT2D eigenvalue weighted by Crippen LogP contribution is -1.69. The van der Waals surface area contributed by atoms with Gasteiger partial charge in [-0.2, -0.15) is 0 Å². The fourth-order valence-electron chi connectivity index (χ4n) is 0.857. The summed E-state index contributed by atoms with van der Waals surface area (Å²) in [7, 11) is 0. The third-order valence-electron chi connectivity index (χ3n) is 1.52. The quantitative estimate of drug-likeness (QED) is 0.412. The van der Waals surface area contributed by atoms with E-state index >= 15 is 0 Å². The van der Waals surface area contributed by atoms with E-state index in [0.29, 0.717) is 6.33 Å². The summed E-state index contributed by atoms with van der Waals surface area (Å²) < 4.78 is 11.4. The molecular formula is C11H17F. The Morgan fingerprint density at radius 3 is 2.42 bits per heavy atom. The fourth-order valence-corrected chi connectivity index (χ4v) is 0.857. The van der Waals surface area contributed by atoms with Gasteiger partial charge in [0.25, 0.3) is 0 Å². The number of rotatable bonds is 6. The molecule has 0 aliphatic carbocycles. The third-order valence-corrected chi connectivity index (χ3v) is 1.52. The van der Waals surface area contributed by atoms with Crippen LogP contribution in [0, 0.1) is 0 Å². The van der Waals surface area contributed by atoms with Crippen LogP contribution in [-0.2, 0) is 0 Å². The lowest BCUT2D eigenvalue weighted by atomic mass is 10.2. The minimum atomic E-state index is 0.529. The first-order valence-corrected chi connectivity index (χ1v) is 4.50. The third kappa shape index (κ3) is 9.15. The van der Waals surface area contributed by atoms with Crippen molar-refractivity contribution in [1.29, 1.82) is 0 Å². The molecule has 0 N–H and O–H groups in total. The minimum absolute atomic E-state index is 0.529. The predicted molar refractivity (Wildman–Crippen MR) is 52.7 cm³/mol. The Balaban J connectivity index is 3.24. The van der Waals surface area contributed by atoms with Crippen molar-refractivity contribution < 1.29 is 4.39 Å². The van der Waals surface area contributed by atoms with Gasteiger partial charge >= 0.3 is 0 Å². The minimum Gasteiger partial charge on any atom is -0.216 e. The van der Waals surface area contributed by atoms with Gasteiger partial charge in [-0.05, 0) is 18.9 Å². The second-order valence-electron chi connectivity index (χ2n) is 2.63. The predicted octanol–water partition coefficient (Wildman–Crippen LogP) is 4.16. The Kier molecular flexibility index (Phi) is 9.43. The van der Waals surface area contributed by atoms with Gasteiger partial charge in [-0.15, -0.1) is 0 Å². The normalized spacial score (nSPS) is 12.5. The molecule has 68 valence electrons. The van der Waals surface area contributed by atoms with Crippen LogP contribution in [0.5, 0.6) is 0 Å². The summed E-state index contributed by atoms with van der Waals surface area (Å²) in [6.45, 7) is 2.19. The zero-order valence-corrected chi connectivity index (χ0v) is 7.67. The summed E-state index contributed by atoms with van der Waals surface area (Å²) in [5, 5.41) is 0. The number of hydrogen-bond acceptors (Lipinski definition) is 0. The Hall–Kier alpha value is -0.850. The highest BCUT2D eigenvalue weighted by molar-refractivity contribution is 5.09. The zero-order valence-electron chi connectivity index (χ0n) is 7.67. The molecule has 0 radical (unpaired) electrons. The van der Waals surface area contributed by atoms with E-state index in [9.17, 15) is 4.39 Å². The molecule has 1 heteroatoms. The summed E-state index contributed by atoms with van der Waals surface area (Å²) >= 11 is 0. The van der Waals surface area contributed by atoms with Crippen molar-refractivity contribution in [3.63, 3.8) is 0 Å². The maximum Gasteiger partial charge on any atom is 0.0866 e. The van der Waals surface area contributed by atoms with Crippen LogP contribution in [0.3, 0.4) is 0 Å². The van der Waals surface area contributed by atoms with Crippen molar-refractivity contribution in [2.75, 3.05) is 0 Å². The second-order valence-corrected chi connectivity index (χ2v) is 2.63. The van der Waals surface area contributed by atoms with Crippen molar-refractivity contribution in [2.24, 2.45) is 0 Å². The molecule has 0 amide bonds. The molecular weight excluding hydrogens is 151 g/mol. The molecule has 0 atom stereocenters. The average Bonchev–Trinajstić information content (AvgIpc) is 2.10. The van der Waals surface area contributed by atoms with E-state index in [1.54, 1.807) is 6.08 Å². The van der Waals surface area contributed by atoms with Crippen LogP contribution >= 0.6 is 0 Å². The first-order chi connectivity index (χ1) is 5.91. The topological polar surface area (TPSA) is 0 Å². The number of allylic oxidation sites excluding steroid dienone is 5. The van der Waals surface area contributed by atoms with Gasteiger partial charge in [0, 0.05) is 0 Å². The second kappa shape index (κ2) is 10.2. The molecule has 0 aromatic carbocycles. The Labute approximate surface area is 74.5 Å². The van der Waals surface area contributed by atoms with Crippen LogP contribution < -0.4 is 0 Å². The smallest absolute Gasteiger partial charge is 0.0866 e. The van der Waals surface area contributed by atoms with Gasteiger partial charge in [-0.3, -0.25) is 0 Å². The Morgan fingerprint density at radius 1 is 1.00 bits per heavy atom. The van der Waals surface area contributed by atoms with E-state index in [1.807, 2.05) is 12.2 Å². The van der Waals surface area contributed by atoms with Gasteiger partial charge in [0.05, 0.1) is 6.33 Å². The summed E-state index contributed by atoms with van der Waals surface area (Å²) in [5.74, 6) is 0. The molecule has 0 aromatic heterocycles. The van der Waals surface area contributed by atoms with E-state index in [0.717, 1.165) is 6.42 Å². The summed E-state index contributed by atoms with van der Waals surface area (Å²) in [4.78, 5) is 0. The van der Waals surface area contributed by atoms with Crippen molar-refractivity contribution in [3.8, 4) is 0 Å². The Morgan fingerprint density at radius 2 is 1.75 bits per heavy atom. The van der Waals surface area contributed by atoms with E-state index < -0.39 is 0 Å². The van der Waals surface area contributed by atoms with Crippen LogP contribution in [0.2, 0.25) is 0 Å². The standard InChI is InChI=1S/C11H17F/c1-2-3-4-5-6-7-8-9-10-11-12/h6-11H,2-5H2,1H3. The molecule has 12 heavy (non-hydrogen) atoms. The molecule has 0 aliphatic rings. The van der Waals surface area contributed by atoms with E-state index in [2.05, 4.69) is 13.0 Å². The zero-order chi connectivity index (χ0) is 9.07. The molecule has 0 spiro atoms. The number of hydrogen-bond donors (Lipinski definition) is 0. The summed E-state index contributed by atoms with van der Waals surface area (Å²) in [6, 6.07) is 0. The van der Waals surface area contributed by atoms with Gasteiger partial charge < -0.3 is 0 Å². The largest absolute Gasteiger partial charge is 0.216 e. The van der Waals surface area contributed by atoms with Crippen molar-refractivity contribution in [3.05, 3.63) is 36.7 Å². The van der Waals surface area contributed by atoms with Crippen molar-refractivity contribution in [2.45, 2.75) is 32.6 Å². The summed E-state index contributed by atoms with van der Waals surface area (Å²) in [5.41, 5.74) is 0. The molecule has 0 unspecified atom stereocenters. The van der Waals surface area contributed by atoms with Crippen LogP contribution in [0.4, 0.5) is 4.39 Å². The van der Waals surface area contributed by atoms with Crippen molar-refractivity contribution in [1.82, 2.24) is 0 Å². The molecule has 0 fully saturated rings. The van der Waals surface area contributed by atoms with Crippen LogP contribution in [0.15, 0.2) is 36.7 Å². The Bertz CT molecular complexity index is 154. The van der Waals surface area contributed by atoms with Crippen molar-refractivity contribution >= 4 is 0 Å². The van der Waals surface area contributed by atoms with Crippen LogP contribution in [0.25, 0.3) is 0 Å².